The molecule has 3 rings (SSSR count). The van der Waals surface area contributed by atoms with Crippen LogP contribution in [-0.2, 0) is 21.5 Å². The third kappa shape index (κ3) is 4.95. The van der Waals surface area contributed by atoms with E-state index in [-0.39, 0.29) is 24.0 Å². The van der Waals surface area contributed by atoms with E-state index in [1.807, 2.05) is 12.1 Å². The van der Waals surface area contributed by atoms with Gasteiger partial charge in [0.15, 0.2) is 0 Å². The number of nitrogens with zero attached hydrogens (tertiary/aromatic N) is 2. The Bertz CT molecular complexity index is 1060. The summed E-state index contributed by atoms with van der Waals surface area (Å²) in [7, 11) is 0. The topological polar surface area (TPSA) is 123 Å². The number of rotatable bonds is 5. The predicted molar refractivity (Wildman–Crippen MR) is 115 cm³/mol. The molecule has 1 saturated heterocycles. The minimum absolute atomic E-state index is 0.0204. The molecular weight excluding hydrogens is 402 g/mol. The first kappa shape index (κ1) is 22.9. The number of aliphatic hydroxyl groups is 2. The van der Waals surface area contributed by atoms with Crippen molar-refractivity contribution in [3.05, 3.63) is 62.4 Å². The maximum absolute atomic E-state index is 12.9. The van der Waals surface area contributed by atoms with Crippen LogP contribution in [0.1, 0.15) is 44.5 Å². The Balaban J connectivity index is 1.81. The van der Waals surface area contributed by atoms with Gasteiger partial charge in [0, 0.05) is 23.9 Å². The second-order valence-electron chi connectivity index (χ2n) is 8.88. The highest BCUT2D eigenvalue weighted by atomic mass is 16.5. The standard InChI is InChI=1S/C22H29N3O6/c1-13-10-24(19-9-16(27)17(12-26)31-19)21(30)25(20(13)29)11-18(28)23-15-7-5-14(6-8-15)22(2,3)4/h5-8,10,16-17,19,26-27H,9,11-12H2,1-4H3,(H,23,28)/t16-,17+,19+/m1/s1. The number of aliphatic hydroxyl groups excluding tert-OH is 2. The van der Waals surface area contributed by atoms with Crippen LogP contribution in [0.25, 0.3) is 0 Å². The number of aryl methyl sites for hydroxylation is 1. The molecular formula is C22H29N3O6. The lowest BCUT2D eigenvalue weighted by Crippen LogP contribution is -2.44. The van der Waals surface area contributed by atoms with Crippen LogP contribution in [0.2, 0.25) is 0 Å². The number of anilines is 1. The molecule has 1 fully saturated rings. The molecule has 1 amide bonds. The molecule has 1 aliphatic rings. The summed E-state index contributed by atoms with van der Waals surface area (Å²) in [6.45, 7) is 6.95. The molecule has 1 aromatic heterocycles. The van der Waals surface area contributed by atoms with E-state index in [1.165, 1.54) is 17.7 Å². The monoisotopic (exact) mass is 431 g/mol. The quantitative estimate of drug-likeness (QED) is 0.646. The average molecular weight is 431 g/mol. The zero-order chi connectivity index (χ0) is 22.9. The number of hydrogen-bond acceptors (Lipinski definition) is 6. The molecule has 1 aliphatic heterocycles. The SMILES string of the molecule is Cc1cn([C@@H]2C[C@@H](O)[C@H](CO)O2)c(=O)n(CC(=O)Nc2ccc(C(C)(C)C)cc2)c1=O. The number of nitrogens with one attached hydrogen (secondary N) is 1. The lowest BCUT2D eigenvalue weighted by atomic mass is 9.87. The van der Waals surface area contributed by atoms with Crippen LogP contribution in [0.4, 0.5) is 5.69 Å². The maximum Gasteiger partial charge on any atom is 0.333 e. The van der Waals surface area contributed by atoms with Gasteiger partial charge in [-0.1, -0.05) is 32.9 Å². The number of benzene rings is 1. The first-order chi connectivity index (χ1) is 14.5. The summed E-state index contributed by atoms with van der Waals surface area (Å²) in [6.07, 6.45) is -1.13. The Morgan fingerprint density at radius 2 is 1.87 bits per heavy atom. The number of aromatic nitrogens is 2. The fraction of sp³-hybridized carbons (Fsp3) is 0.500. The molecule has 0 saturated carbocycles. The summed E-state index contributed by atoms with van der Waals surface area (Å²) < 4.78 is 7.55. The van der Waals surface area contributed by atoms with Gasteiger partial charge in [0.25, 0.3) is 5.56 Å². The van der Waals surface area contributed by atoms with Crippen molar-refractivity contribution < 1.29 is 19.7 Å². The van der Waals surface area contributed by atoms with Gasteiger partial charge in [-0.25, -0.2) is 4.79 Å². The van der Waals surface area contributed by atoms with E-state index in [1.54, 1.807) is 12.1 Å². The summed E-state index contributed by atoms with van der Waals surface area (Å²) in [6, 6.07) is 7.39. The third-order valence-corrected chi connectivity index (χ3v) is 5.40. The van der Waals surface area contributed by atoms with Gasteiger partial charge in [0.1, 0.15) is 18.9 Å². The average Bonchev–Trinajstić information content (AvgIpc) is 3.08. The van der Waals surface area contributed by atoms with Crippen LogP contribution in [0, 0.1) is 6.92 Å². The molecule has 3 N–H and O–H groups in total. The van der Waals surface area contributed by atoms with E-state index in [4.69, 9.17) is 4.74 Å². The third-order valence-electron chi connectivity index (χ3n) is 5.40. The summed E-state index contributed by atoms with van der Waals surface area (Å²) >= 11 is 0. The Morgan fingerprint density at radius 1 is 1.23 bits per heavy atom. The molecule has 31 heavy (non-hydrogen) atoms. The fourth-order valence-electron chi connectivity index (χ4n) is 3.55. The van der Waals surface area contributed by atoms with E-state index in [9.17, 15) is 24.6 Å². The van der Waals surface area contributed by atoms with Crippen molar-refractivity contribution in [2.45, 2.75) is 64.5 Å². The number of ether oxygens (including phenoxy) is 1. The molecule has 3 atom stereocenters. The number of carbonyl (C=O) groups excluding carboxylic acids is 1. The van der Waals surface area contributed by atoms with Crippen LogP contribution >= 0.6 is 0 Å². The molecule has 2 aromatic rings. The lowest BCUT2D eigenvalue weighted by molar-refractivity contribution is -0.116. The molecule has 9 nitrogen and oxygen atoms in total. The normalized spacial score (nSPS) is 21.3. The smallest absolute Gasteiger partial charge is 0.333 e. The minimum atomic E-state index is -0.929. The zero-order valence-electron chi connectivity index (χ0n) is 18.2. The second-order valence-corrected chi connectivity index (χ2v) is 8.88. The van der Waals surface area contributed by atoms with Gasteiger partial charge in [-0.15, -0.1) is 0 Å². The maximum atomic E-state index is 12.9. The first-order valence-corrected chi connectivity index (χ1v) is 10.2. The van der Waals surface area contributed by atoms with Crippen LogP contribution in [0.5, 0.6) is 0 Å². The Labute approximate surface area is 179 Å². The van der Waals surface area contributed by atoms with Gasteiger partial charge < -0.3 is 20.3 Å². The Morgan fingerprint density at radius 3 is 2.42 bits per heavy atom. The van der Waals surface area contributed by atoms with Crippen LogP contribution in [0.15, 0.2) is 40.1 Å². The van der Waals surface area contributed by atoms with E-state index < -0.39 is 42.1 Å². The van der Waals surface area contributed by atoms with Crippen molar-refractivity contribution in [2.75, 3.05) is 11.9 Å². The van der Waals surface area contributed by atoms with E-state index in [0.717, 1.165) is 10.1 Å². The first-order valence-electron chi connectivity index (χ1n) is 10.2. The van der Waals surface area contributed by atoms with Crippen molar-refractivity contribution in [1.29, 1.82) is 0 Å². The Hall–Kier alpha value is -2.75. The van der Waals surface area contributed by atoms with E-state index in [2.05, 4.69) is 26.1 Å². The van der Waals surface area contributed by atoms with Gasteiger partial charge in [0.2, 0.25) is 5.91 Å². The molecule has 0 aliphatic carbocycles. The molecule has 0 spiro atoms. The highest BCUT2D eigenvalue weighted by molar-refractivity contribution is 5.90. The van der Waals surface area contributed by atoms with Gasteiger partial charge in [-0.2, -0.15) is 0 Å². The number of carbonyl (C=O) groups is 1. The summed E-state index contributed by atoms with van der Waals surface area (Å²) in [5, 5.41) is 21.9. The Kier molecular flexibility index (Phi) is 6.49. The van der Waals surface area contributed by atoms with Crippen molar-refractivity contribution in [3.63, 3.8) is 0 Å². The summed E-state index contributed by atoms with van der Waals surface area (Å²) in [4.78, 5) is 38.0. The largest absolute Gasteiger partial charge is 0.394 e. The van der Waals surface area contributed by atoms with Crippen molar-refractivity contribution >= 4 is 11.6 Å². The van der Waals surface area contributed by atoms with Crippen LogP contribution in [0.3, 0.4) is 0 Å². The molecule has 0 bridgehead atoms. The van der Waals surface area contributed by atoms with Crippen molar-refractivity contribution in [1.82, 2.24) is 9.13 Å². The van der Waals surface area contributed by atoms with Crippen LogP contribution < -0.4 is 16.6 Å². The second kappa shape index (κ2) is 8.78. The number of amides is 1. The highest BCUT2D eigenvalue weighted by Crippen LogP contribution is 2.27. The summed E-state index contributed by atoms with van der Waals surface area (Å²) in [5.41, 5.74) is 0.622. The zero-order valence-corrected chi connectivity index (χ0v) is 18.2. The molecule has 1 aromatic carbocycles. The summed E-state index contributed by atoms with van der Waals surface area (Å²) in [5.74, 6) is -0.513. The van der Waals surface area contributed by atoms with Crippen LogP contribution in [-0.4, -0.2) is 44.1 Å². The van der Waals surface area contributed by atoms with E-state index in [0.29, 0.717) is 5.69 Å². The van der Waals surface area contributed by atoms with Gasteiger partial charge in [-0.05, 0) is 30.0 Å². The van der Waals surface area contributed by atoms with Crippen molar-refractivity contribution in [3.8, 4) is 0 Å². The molecule has 0 radical (unpaired) electrons. The highest BCUT2D eigenvalue weighted by Gasteiger charge is 2.35. The fourth-order valence-corrected chi connectivity index (χ4v) is 3.55. The number of hydrogen-bond donors (Lipinski definition) is 3. The van der Waals surface area contributed by atoms with Gasteiger partial charge in [-0.3, -0.25) is 18.7 Å². The van der Waals surface area contributed by atoms with Gasteiger partial charge >= 0.3 is 5.69 Å². The minimum Gasteiger partial charge on any atom is -0.394 e. The molecule has 9 heteroatoms. The predicted octanol–water partition coefficient (Wildman–Crippen LogP) is 0.895. The molecule has 2 heterocycles. The molecule has 0 unspecified atom stereocenters. The van der Waals surface area contributed by atoms with E-state index >= 15 is 0 Å². The van der Waals surface area contributed by atoms with Gasteiger partial charge in [0.05, 0.1) is 12.7 Å². The van der Waals surface area contributed by atoms with Crippen molar-refractivity contribution in [2.24, 2.45) is 0 Å². The molecule has 168 valence electrons. The lowest BCUT2D eigenvalue weighted by Gasteiger charge is -2.19.